The summed E-state index contributed by atoms with van der Waals surface area (Å²) in [7, 11) is 0. The second kappa shape index (κ2) is 5.88. The van der Waals surface area contributed by atoms with Gasteiger partial charge in [0.25, 0.3) is 0 Å². The predicted molar refractivity (Wildman–Crippen MR) is 69.5 cm³/mol. The van der Waals surface area contributed by atoms with Gasteiger partial charge in [0.2, 0.25) is 5.91 Å². The Hall–Kier alpha value is -2.84. The average Bonchev–Trinajstić information content (AvgIpc) is 2.66. The third-order valence-electron chi connectivity index (χ3n) is 2.96. The normalized spacial score (nSPS) is 14.8. The Morgan fingerprint density at radius 2 is 1.77 bits per heavy atom. The van der Waals surface area contributed by atoms with Crippen molar-refractivity contribution in [2.45, 2.75) is 6.92 Å². The van der Waals surface area contributed by atoms with Gasteiger partial charge in [0, 0.05) is 12.6 Å². The number of imide groups is 2. The standard InChI is InChI=1S/C13H11F2N3O4/c1-2-17-11(20)12(21)18(13(17)22)6-10(19)16-9-4-3-7(14)5-8(9)15/h3-5H,2,6H2,1H3,(H,16,19). The molecule has 1 saturated heterocycles. The third kappa shape index (κ3) is 2.78. The first-order valence-electron chi connectivity index (χ1n) is 6.27. The maximum Gasteiger partial charge on any atom is 0.334 e. The van der Waals surface area contributed by atoms with Gasteiger partial charge in [-0.25, -0.2) is 18.5 Å². The van der Waals surface area contributed by atoms with Gasteiger partial charge in [0.15, 0.2) is 0 Å². The summed E-state index contributed by atoms with van der Waals surface area (Å²) < 4.78 is 26.1. The van der Waals surface area contributed by atoms with Crippen molar-refractivity contribution in [3.63, 3.8) is 0 Å². The van der Waals surface area contributed by atoms with E-state index >= 15 is 0 Å². The first kappa shape index (κ1) is 15.5. The van der Waals surface area contributed by atoms with Crippen LogP contribution in [0.4, 0.5) is 19.3 Å². The third-order valence-corrected chi connectivity index (χ3v) is 2.96. The minimum absolute atomic E-state index is 0.00584. The van der Waals surface area contributed by atoms with Gasteiger partial charge >= 0.3 is 17.8 Å². The Balaban J connectivity index is 2.08. The molecular weight excluding hydrogens is 300 g/mol. The van der Waals surface area contributed by atoms with Crippen LogP contribution in [0.5, 0.6) is 0 Å². The number of rotatable bonds is 4. The Morgan fingerprint density at radius 3 is 2.32 bits per heavy atom. The van der Waals surface area contributed by atoms with Crippen molar-refractivity contribution >= 4 is 29.4 Å². The summed E-state index contributed by atoms with van der Waals surface area (Å²) in [5.74, 6) is -4.85. The second-order valence-electron chi connectivity index (χ2n) is 4.40. The van der Waals surface area contributed by atoms with Gasteiger partial charge in [-0.15, -0.1) is 0 Å². The molecule has 2 rings (SSSR count). The summed E-state index contributed by atoms with van der Waals surface area (Å²) in [6.07, 6.45) is 0. The number of urea groups is 1. The van der Waals surface area contributed by atoms with Crippen molar-refractivity contribution in [3.05, 3.63) is 29.8 Å². The molecule has 22 heavy (non-hydrogen) atoms. The number of halogens is 2. The number of carbonyl (C=O) groups excluding carboxylic acids is 4. The first-order chi connectivity index (χ1) is 10.3. The van der Waals surface area contributed by atoms with E-state index in [1.807, 2.05) is 0 Å². The molecule has 0 saturated carbocycles. The Bertz CT molecular complexity index is 677. The van der Waals surface area contributed by atoms with Gasteiger partial charge in [0.05, 0.1) is 5.69 Å². The zero-order chi connectivity index (χ0) is 16.4. The summed E-state index contributed by atoms with van der Waals surface area (Å²) in [4.78, 5) is 47.7. The quantitative estimate of drug-likeness (QED) is 0.655. The van der Waals surface area contributed by atoms with Gasteiger partial charge in [-0.2, -0.15) is 0 Å². The van der Waals surface area contributed by atoms with E-state index in [9.17, 15) is 28.0 Å². The van der Waals surface area contributed by atoms with Crippen LogP contribution in [0.2, 0.25) is 0 Å². The molecule has 1 N–H and O–H groups in total. The average molecular weight is 311 g/mol. The monoisotopic (exact) mass is 311 g/mol. The molecule has 7 nitrogen and oxygen atoms in total. The van der Waals surface area contributed by atoms with E-state index in [1.165, 1.54) is 6.92 Å². The number of hydrogen-bond acceptors (Lipinski definition) is 4. The van der Waals surface area contributed by atoms with Crippen molar-refractivity contribution in [1.29, 1.82) is 0 Å². The van der Waals surface area contributed by atoms with E-state index in [2.05, 4.69) is 5.32 Å². The van der Waals surface area contributed by atoms with E-state index in [4.69, 9.17) is 0 Å². The number of amides is 5. The highest BCUT2D eigenvalue weighted by Gasteiger charge is 2.44. The molecule has 0 spiro atoms. The van der Waals surface area contributed by atoms with Crippen LogP contribution < -0.4 is 5.32 Å². The number of anilines is 1. The zero-order valence-corrected chi connectivity index (χ0v) is 11.4. The van der Waals surface area contributed by atoms with Crippen LogP contribution >= 0.6 is 0 Å². The lowest BCUT2D eigenvalue weighted by molar-refractivity contribution is -0.143. The van der Waals surface area contributed by atoms with E-state index < -0.39 is 41.9 Å². The maximum atomic E-state index is 13.4. The second-order valence-corrected chi connectivity index (χ2v) is 4.40. The van der Waals surface area contributed by atoms with Crippen LogP contribution in [-0.4, -0.2) is 46.6 Å². The van der Waals surface area contributed by atoms with Crippen molar-refractivity contribution < 1.29 is 28.0 Å². The summed E-state index contributed by atoms with van der Waals surface area (Å²) in [5.41, 5.74) is -0.302. The molecule has 0 radical (unpaired) electrons. The first-order valence-corrected chi connectivity index (χ1v) is 6.27. The van der Waals surface area contributed by atoms with Crippen LogP contribution in [0.25, 0.3) is 0 Å². The molecule has 9 heteroatoms. The maximum absolute atomic E-state index is 13.4. The highest BCUT2D eigenvalue weighted by molar-refractivity contribution is 6.45. The SMILES string of the molecule is CCN1C(=O)C(=O)N(CC(=O)Nc2ccc(F)cc2F)C1=O. The van der Waals surface area contributed by atoms with Crippen LogP contribution in [-0.2, 0) is 14.4 Å². The topological polar surface area (TPSA) is 86.8 Å². The predicted octanol–water partition coefficient (Wildman–Crippen LogP) is 0.714. The molecule has 1 aromatic carbocycles. The lowest BCUT2D eigenvalue weighted by Crippen LogP contribution is -2.39. The molecule has 0 aromatic heterocycles. The molecule has 1 heterocycles. The molecule has 0 unspecified atom stereocenters. The number of nitrogens with one attached hydrogen (secondary N) is 1. The number of carbonyl (C=O) groups is 4. The van der Waals surface area contributed by atoms with Crippen molar-refractivity contribution in [1.82, 2.24) is 9.80 Å². The van der Waals surface area contributed by atoms with Gasteiger partial charge in [-0.1, -0.05) is 0 Å². The van der Waals surface area contributed by atoms with Gasteiger partial charge in [0.1, 0.15) is 18.2 Å². The molecule has 1 aliphatic rings. The molecule has 0 bridgehead atoms. The largest absolute Gasteiger partial charge is 0.334 e. The van der Waals surface area contributed by atoms with Crippen LogP contribution in [0.1, 0.15) is 6.92 Å². The van der Waals surface area contributed by atoms with Crippen LogP contribution in [0.3, 0.4) is 0 Å². The number of nitrogens with zero attached hydrogens (tertiary/aromatic N) is 2. The van der Waals surface area contributed by atoms with Crippen LogP contribution in [0, 0.1) is 11.6 Å². The van der Waals surface area contributed by atoms with Gasteiger partial charge in [-0.3, -0.25) is 19.3 Å². The smallest absolute Gasteiger partial charge is 0.322 e. The molecule has 5 amide bonds. The molecule has 0 atom stereocenters. The number of benzene rings is 1. The van der Waals surface area contributed by atoms with Crippen molar-refractivity contribution in [2.24, 2.45) is 0 Å². The summed E-state index contributed by atoms with van der Waals surface area (Å²) >= 11 is 0. The summed E-state index contributed by atoms with van der Waals surface area (Å²) in [5, 5.41) is 2.10. The minimum Gasteiger partial charge on any atom is -0.322 e. The lowest BCUT2D eigenvalue weighted by Gasteiger charge is -2.14. The fourth-order valence-electron chi connectivity index (χ4n) is 1.89. The minimum atomic E-state index is -1.12. The molecule has 1 aromatic rings. The highest BCUT2D eigenvalue weighted by atomic mass is 19.1. The Kier molecular flexibility index (Phi) is 4.15. The van der Waals surface area contributed by atoms with E-state index in [-0.39, 0.29) is 12.2 Å². The molecule has 116 valence electrons. The van der Waals surface area contributed by atoms with Crippen LogP contribution in [0.15, 0.2) is 18.2 Å². The molecule has 0 aliphatic carbocycles. The highest BCUT2D eigenvalue weighted by Crippen LogP contribution is 2.16. The summed E-state index contributed by atoms with van der Waals surface area (Å²) in [6, 6.07) is 1.60. The van der Waals surface area contributed by atoms with E-state index in [1.54, 1.807) is 0 Å². The van der Waals surface area contributed by atoms with Gasteiger partial charge < -0.3 is 5.32 Å². The Labute approximate surface area is 123 Å². The van der Waals surface area contributed by atoms with Gasteiger partial charge in [-0.05, 0) is 19.1 Å². The zero-order valence-electron chi connectivity index (χ0n) is 11.4. The van der Waals surface area contributed by atoms with E-state index in [0.29, 0.717) is 15.9 Å². The van der Waals surface area contributed by atoms with Crippen molar-refractivity contribution in [3.8, 4) is 0 Å². The molecule has 1 aliphatic heterocycles. The number of likely N-dealkylation sites (N-methyl/N-ethyl adjacent to an activating group) is 1. The Morgan fingerprint density at radius 1 is 1.14 bits per heavy atom. The lowest BCUT2D eigenvalue weighted by atomic mass is 10.3. The van der Waals surface area contributed by atoms with E-state index in [0.717, 1.165) is 12.1 Å². The molecular formula is C13H11F2N3O4. The van der Waals surface area contributed by atoms with Crippen molar-refractivity contribution in [2.75, 3.05) is 18.4 Å². The molecule has 1 fully saturated rings. The number of hydrogen-bond donors (Lipinski definition) is 1. The summed E-state index contributed by atoms with van der Waals surface area (Å²) in [6.45, 7) is 0.755. The fourth-order valence-corrected chi connectivity index (χ4v) is 1.89. The fraction of sp³-hybridized carbons (Fsp3) is 0.231.